The first-order valence-corrected chi connectivity index (χ1v) is 8.60. The van der Waals surface area contributed by atoms with E-state index < -0.39 is 0 Å². The normalized spacial score (nSPS) is 17.4. The molecule has 5 nitrogen and oxygen atoms in total. The number of hydrogen-bond donors (Lipinski definition) is 0. The summed E-state index contributed by atoms with van der Waals surface area (Å²) >= 11 is 0. The summed E-state index contributed by atoms with van der Waals surface area (Å²) < 4.78 is 9.77. The fraction of sp³-hybridized carbons (Fsp3) is 0.579. The third-order valence-electron chi connectivity index (χ3n) is 4.64. The molecule has 1 aromatic rings. The molecule has 1 heterocycles. The van der Waals surface area contributed by atoms with Crippen molar-refractivity contribution >= 4 is 11.9 Å². The summed E-state index contributed by atoms with van der Waals surface area (Å²) in [6.07, 6.45) is 4.71. The summed E-state index contributed by atoms with van der Waals surface area (Å²) in [7, 11) is 3.02. The van der Waals surface area contributed by atoms with Crippen LogP contribution in [0.3, 0.4) is 0 Å². The van der Waals surface area contributed by atoms with Gasteiger partial charge in [0.25, 0.3) is 0 Å². The third-order valence-corrected chi connectivity index (χ3v) is 4.64. The van der Waals surface area contributed by atoms with E-state index in [9.17, 15) is 9.59 Å². The summed E-state index contributed by atoms with van der Waals surface area (Å²) in [5.74, 6) is 1.15. The molecule has 1 atom stereocenters. The standard InChI is InChI=1S/C19H27NO4/c1-23-17-9-7-15(8-10-17)5-6-16-4-3-13-20(14-16)18(21)11-12-19(22)24-2/h7-10,16H,3-6,11-14H2,1-2H3/t16-/m1/s1. The van der Waals surface area contributed by atoms with Gasteiger partial charge in [-0.05, 0) is 49.3 Å². The molecule has 1 aliphatic heterocycles. The van der Waals surface area contributed by atoms with Crippen molar-refractivity contribution in [3.63, 3.8) is 0 Å². The van der Waals surface area contributed by atoms with Gasteiger partial charge in [-0.1, -0.05) is 12.1 Å². The monoisotopic (exact) mass is 333 g/mol. The van der Waals surface area contributed by atoms with Crippen molar-refractivity contribution in [1.29, 1.82) is 0 Å². The average molecular weight is 333 g/mol. The number of ether oxygens (including phenoxy) is 2. The highest BCUT2D eigenvalue weighted by molar-refractivity contribution is 5.81. The van der Waals surface area contributed by atoms with E-state index in [-0.39, 0.29) is 24.7 Å². The summed E-state index contributed by atoms with van der Waals surface area (Å²) in [4.78, 5) is 25.3. The fourth-order valence-corrected chi connectivity index (χ4v) is 3.16. The molecule has 0 aromatic heterocycles. The largest absolute Gasteiger partial charge is 0.497 e. The predicted octanol–water partition coefficient (Wildman–Crippen LogP) is 2.82. The minimum Gasteiger partial charge on any atom is -0.497 e. The van der Waals surface area contributed by atoms with Crippen molar-refractivity contribution in [1.82, 2.24) is 4.90 Å². The Kier molecular flexibility index (Phi) is 7.09. The van der Waals surface area contributed by atoms with Crippen LogP contribution in [-0.2, 0) is 20.7 Å². The van der Waals surface area contributed by atoms with Crippen LogP contribution in [0.25, 0.3) is 0 Å². The van der Waals surface area contributed by atoms with E-state index in [0.29, 0.717) is 5.92 Å². The Labute approximate surface area is 143 Å². The Bertz CT molecular complexity index is 541. The highest BCUT2D eigenvalue weighted by Gasteiger charge is 2.23. The topological polar surface area (TPSA) is 55.8 Å². The molecule has 132 valence electrons. The maximum atomic E-state index is 12.2. The van der Waals surface area contributed by atoms with E-state index in [4.69, 9.17) is 4.74 Å². The van der Waals surface area contributed by atoms with E-state index in [2.05, 4.69) is 16.9 Å². The number of carbonyl (C=O) groups is 2. The van der Waals surface area contributed by atoms with Gasteiger partial charge in [0, 0.05) is 19.5 Å². The first-order valence-electron chi connectivity index (χ1n) is 8.60. The SMILES string of the molecule is COC(=O)CCC(=O)N1CCC[C@H](CCc2ccc(OC)cc2)C1. The molecule has 1 aromatic carbocycles. The number of likely N-dealkylation sites (tertiary alicyclic amines) is 1. The van der Waals surface area contributed by atoms with Gasteiger partial charge in [-0.25, -0.2) is 0 Å². The van der Waals surface area contributed by atoms with Crippen LogP contribution in [0, 0.1) is 5.92 Å². The Morgan fingerprint density at radius 3 is 2.58 bits per heavy atom. The third kappa shape index (κ3) is 5.55. The van der Waals surface area contributed by atoms with Gasteiger partial charge in [0.2, 0.25) is 5.91 Å². The van der Waals surface area contributed by atoms with Crippen molar-refractivity contribution in [2.24, 2.45) is 5.92 Å². The quantitative estimate of drug-likeness (QED) is 0.720. The molecule has 24 heavy (non-hydrogen) atoms. The lowest BCUT2D eigenvalue weighted by Gasteiger charge is -2.33. The number of carbonyl (C=O) groups excluding carboxylic acids is 2. The number of nitrogens with zero attached hydrogens (tertiary/aromatic N) is 1. The molecule has 2 rings (SSSR count). The van der Waals surface area contributed by atoms with Crippen LogP contribution in [0.15, 0.2) is 24.3 Å². The Hall–Kier alpha value is -2.04. The van der Waals surface area contributed by atoms with Crippen molar-refractivity contribution in [3.8, 4) is 5.75 Å². The molecule has 0 saturated carbocycles. The first kappa shape index (κ1) is 18.3. The summed E-state index contributed by atoms with van der Waals surface area (Å²) in [6.45, 7) is 1.61. The van der Waals surface area contributed by atoms with Crippen LogP contribution in [0.1, 0.15) is 37.7 Å². The molecule has 1 saturated heterocycles. The number of methoxy groups -OCH3 is 2. The van der Waals surface area contributed by atoms with E-state index in [1.54, 1.807) is 7.11 Å². The predicted molar refractivity (Wildman–Crippen MR) is 91.9 cm³/mol. The number of hydrogen-bond acceptors (Lipinski definition) is 4. The van der Waals surface area contributed by atoms with Gasteiger partial charge in [0.15, 0.2) is 0 Å². The second-order valence-electron chi connectivity index (χ2n) is 6.31. The van der Waals surface area contributed by atoms with Gasteiger partial charge >= 0.3 is 5.97 Å². The molecule has 0 bridgehead atoms. The average Bonchev–Trinajstić information content (AvgIpc) is 2.64. The minimum atomic E-state index is -0.323. The number of rotatable bonds is 7. The molecule has 0 spiro atoms. The zero-order valence-corrected chi connectivity index (χ0v) is 14.6. The van der Waals surface area contributed by atoms with E-state index in [0.717, 1.165) is 44.5 Å². The molecule has 0 aliphatic carbocycles. The first-order chi connectivity index (χ1) is 11.6. The Morgan fingerprint density at radius 2 is 1.92 bits per heavy atom. The van der Waals surface area contributed by atoms with Gasteiger partial charge in [-0.3, -0.25) is 9.59 Å². The van der Waals surface area contributed by atoms with E-state index >= 15 is 0 Å². The van der Waals surface area contributed by atoms with Gasteiger partial charge < -0.3 is 14.4 Å². The van der Waals surface area contributed by atoms with Crippen LogP contribution in [0.2, 0.25) is 0 Å². The molecule has 1 fully saturated rings. The van der Waals surface area contributed by atoms with Crippen molar-refractivity contribution in [2.75, 3.05) is 27.3 Å². The number of esters is 1. The molecule has 1 aliphatic rings. The maximum Gasteiger partial charge on any atom is 0.306 e. The fourth-order valence-electron chi connectivity index (χ4n) is 3.16. The summed E-state index contributed by atoms with van der Waals surface area (Å²) in [5.41, 5.74) is 1.30. The lowest BCUT2D eigenvalue weighted by Crippen LogP contribution is -2.40. The van der Waals surface area contributed by atoms with Crippen LogP contribution in [0.5, 0.6) is 5.75 Å². The van der Waals surface area contributed by atoms with Crippen LogP contribution >= 0.6 is 0 Å². The van der Waals surface area contributed by atoms with Gasteiger partial charge in [-0.15, -0.1) is 0 Å². The molecule has 5 heteroatoms. The lowest BCUT2D eigenvalue weighted by molar-refractivity contribution is -0.144. The number of amides is 1. The van der Waals surface area contributed by atoms with Gasteiger partial charge in [-0.2, -0.15) is 0 Å². The lowest BCUT2D eigenvalue weighted by atomic mass is 9.91. The second-order valence-corrected chi connectivity index (χ2v) is 6.31. The second kappa shape index (κ2) is 9.30. The van der Waals surface area contributed by atoms with Crippen molar-refractivity contribution < 1.29 is 19.1 Å². The Balaban J connectivity index is 1.77. The number of benzene rings is 1. The van der Waals surface area contributed by atoms with Crippen LogP contribution in [0.4, 0.5) is 0 Å². The maximum absolute atomic E-state index is 12.2. The minimum absolute atomic E-state index is 0.0644. The molecule has 0 N–H and O–H groups in total. The number of piperidine rings is 1. The van der Waals surface area contributed by atoms with Gasteiger partial charge in [0.1, 0.15) is 5.75 Å². The highest BCUT2D eigenvalue weighted by Crippen LogP contribution is 2.23. The smallest absolute Gasteiger partial charge is 0.306 e. The van der Waals surface area contributed by atoms with E-state index in [1.165, 1.54) is 12.7 Å². The molecule has 1 amide bonds. The summed E-state index contributed by atoms with van der Waals surface area (Å²) in [6, 6.07) is 8.17. The molecular weight excluding hydrogens is 306 g/mol. The van der Waals surface area contributed by atoms with Gasteiger partial charge in [0.05, 0.1) is 20.6 Å². The molecule has 0 radical (unpaired) electrons. The zero-order chi connectivity index (χ0) is 17.4. The van der Waals surface area contributed by atoms with Crippen molar-refractivity contribution in [2.45, 2.75) is 38.5 Å². The molecule has 0 unspecified atom stereocenters. The van der Waals surface area contributed by atoms with Crippen LogP contribution < -0.4 is 4.74 Å². The molecular formula is C19H27NO4. The number of aryl methyl sites for hydroxylation is 1. The Morgan fingerprint density at radius 1 is 1.17 bits per heavy atom. The highest BCUT2D eigenvalue weighted by atomic mass is 16.5. The zero-order valence-electron chi connectivity index (χ0n) is 14.6. The van der Waals surface area contributed by atoms with Crippen LogP contribution in [-0.4, -0.2) is 44.1 Å². The van der Waals surface area contributed by atoms with Crippen molar-refractivity contribution in [3.05, 3.63) is 29.8 Å². The summed E-state index contributed by atoms with van der Waals surface area (Å²) in [5, 5.41) is 0. The van der Waals surface area contributed by atoms with E-state index in [1.807, 2.05) is 17.0 Å².